The number of hydrogen-bond acceptors (Lipinski definition) is 0. The van der Waals surface area contributed by atoms with Gasteiger partial charge in [0.25, 0.3) is 0 Å². The van der Waals surface area contributed by atoms with Crippen molar-refractivity contribution in [3.8, 4) is 0 Å². The van der Waals surface area contributed by atoms with E-state index in [2.05, 4.69) is 63.6 Å². The molecule has 3 aromatic rings. The lowest BCUT2D eigenvalue weighted by atomic mass is 9.92. The predicted molar refractivity (Wildman–Crippen MR) is 84.0 cm³/mol. The van der Waals surface area contributed by atoms with Gasteiger partial charge in [0.15, 0.2) is 0 Å². The molecule has 0 saturated carbocycles. The number of benzene rings is 2. The van der Waals surface area contributed by atoms with Crippen molar-refractivity contribution < 1.29 is 0 Å². The van der Waals surface area contributed by atoms with Crippen molar-refractivity contribution in [1.29, 1.82) is 0 Å². The van der Waals surface area contributed by atoms with Crippen LogP contribution in [0.25, 0.3) is 21.8 Å². The van der Waals surface area contributed by atoms with Gasteiger partial charge in [-0.1, -0.05) is 25.1 Å². The highest BCUT2D eigenvalue weighted by atomic mass is 14.9. The van der Waals surface area contributed by atoms with Gasteiger partial charge in [-0.15, -0.1) is 0 Å². The lowest BCUT2D eigenvalue weighted by Gasteiger charge is -2.14. The van der Waals surface area contributed by atoms with E-state index in [1.807, 2.05) is 0 Å². The maximum atomic E-state index is 2.36. The van der Waals surface area contributed by atoms with Gasteiger partial charge in [-0.25, -0.2) is 0 Å². The fourth-order valence-corrected chi connectivity index (χ4v) is 3.43. The van der Waals surface area contributed by atoms with E-state index in [1.54, 1.807) is 0 Å². The maximum Gasteiger partial charge on any atom is 0.0526 e. The second kappa shape index (κ2) is 4.12. The number of nitrogens with zero attached hydrogens (tertiary/aromatic N) is 1. The lowest BCUT2D eigenvalue weighted by Crippen LogP contribution is -1.99. The molecular formula is C18H21N. The Hall–Kier alpha value is -1.76. The highest BCUT2D eigenvalue weighted by molar-refractivity contribution is 6.11. The largest absolute Gasteiger partial charge is 0.343 e. The third-order valence-electron chi connectivity index (χ3n) is 4.70. The van der Waals surface area contributed by atoms with Crippen LogP contribution in [-0.2, 0) is 13.5 Å². The monoisotopic (exact) mass is 251 g/mol. The number of rotatable bonds is 1. The molecule has 0 atom stereocenters. The Labute approximate surface area is 114 Å². The van der Waals surface area contributed by atoms with Gasteiger partial charge in [-0.3, -0.25) is 0 Å². The quantitative estimate of drug-likeness (QED) is 0.584. The summed E-state index contributed by atoms with van der Waals surface area (Å²) in [5.41, 5.74) is 8.59. The molecule has 0 aliphatic carbocycles. The van der Waals surface area contributed by atoms with Gasteiger partial charge < -0.3 is 4.57 Å². The van der Waals surface area contributed by atoms with Crippen molar-refractivity contribution in [2.75, 3.05) is 0 Å². The summed E-state index contributed by atoms with van der Waals surface area (Å²) < 4.78 is 2.36. The fraction of sp³-hybridized carbons (Fsp3) is 0.333. The minimum absolute atomic E-state index is 1.09. The van der Waals surface area contributed by atoms with E-state index in [0.717, 1.165) is 6.42 Å². The molecule has 2 aromatic carbocycles. The molecule has 1 nitrogen and oxygen atoms in total. The average molecular weight is 251 g/mol. The van der Waals surface area contributed by atoms with Crippen LogP contribution >= 0.6 is 0 Å². The summed E-state index contributed by atoms with van der Waals surface area (Å²) in [6.07, 6.45) is 1.09. The fourth-order valence-electron chi connectivity index (χ4n) is 3.43. The molecule has 0 unspecified atom stereocenters. The van der Waals surface area contributed by atoms with Gasteiger partial charge in [0.1, 0.15) is 0 Å². The highest BCUT2D eigenvalue weighted by Crippen LogP contribution is 2.36. The van der Waals surface area contributed by atoms with E-state index < -0.39 is 0 Å². The molecule has 1 heteroatoms. The first-order valence-electron chi connectivity index (χ1n) is 7.03. The van der Waals surface area contributed by atoms with Crippen molar-refractivity contribution in [2.24, 2.45) is 7.05 Å². The molecule has 3 rings (SSSR count). The summed E-state index contributed by atoms with van der Waals surface area (Å²) in [6, 6.07) is 8.74. The summed E-state index contributed by atoms with van der Waals surface area (Å²) in [4.78, 5) is 0. The third kappa shape index (κ3) is 1.48. The Kier molecular flexibility index (Phi) is 2.67. The summed E-state index contributed by atoms with van der Waals surface area (Å²) in [5.74, 6) is 0. The Morgan fingerprint density at radius 2 is 1.63 bits per heavy atom. The summed E-state index contributed by atoms with van der Waals surface area (Å²) in [7, 11) is 2.19. The predicted octanol–water partition coefficient (Wildman–Crippen LogP) is 4.82. The van der Waals surface area contributed by atoms with Crippen LogP contribution in [0.5, 0.6) is 0 Å². The van der Waals surface area contributed by atoms with Crippen LogP contribution in [0.1, 0.15) is 29.2 Å². The first-order valence-corrected chi connectivity index (χ1v) is 7.03. The lowest BCUT2D eigenvalue weighted by molar-refractivity contribution is 0.985. The van der Waals surface area contributed by atoms with Gasteiger partial charge in [0, 0.05) is 23.3 Å². The number of hydrogen-bond donors (Lipinski definition) is 0. The van der Waals surface area contributed by atoms with E-state index in [9.17, 15) is 0 Å². The van der Waals surface area contributed by atoms with Crippen LogP contribution in [-0.4, -0.2) is 4.57 Å². The van der Waals surface area contributed by atoms with Crippen LogP contribution in [0, 0.1) is 20.8 Å². The van der Waals surface area contributed by atoms with Gasteiger partial charge in [-0.2, -0.15) is 0 Å². The van der Waals surface area contributed by atoms with Crippen LogP contribution < -0.4 is 0 Å². The topological polar surface area (TPSA) is 4.93 Å². The van der Waals surface area contributed by atoms with E-state index in [-0.39, 0.29) is 0 Å². The van der Waals surface area contributed by atoms with Crippen molar-refractivity contribution in [3.63, 3.8) is 0 Å². The molecule has 0 spiro atoms. The zero-order chi connectivity index (χ0) is 13.7. The third-order valence-corrected chi connectivity index (χ3v) is 4.70. The molecular weight excluding hydrogens is 230 g/mol. The van der Waals surface area contributed by atoms with Crippen molar-refractivity contribution in [1.82, 2.24) is 4.57 Å². The standard InChI is InChI=1S/C18H21N/c1-6-14-12(3)11(2)13(4)17-15-9-7-8-10-16(15)19(5)18(14)17/h7-10H,6H2,1-5H3. The smallest absolute Gasteiger partial charge is 0.0526 e. The van der Waals surface area contributed by atoms with E-state index >= 15 is 0 Å². The van der Waals surface area contributed by atoms with Crippen LogP contribution in [0.3, 0.4) is 0 Å². The Morgan fingerprint density at radius 1 is 0.947 bits per heavy atom. The van der Waals surface area contributed by atoms with E-state index in [0.29, 0.717) is 0 Å². The van der Waals surface area contributed by atoms with Crippen molar-refractivity contribution >= 4 is 21.8 Å². The van der Waals surface area contributed by atoms with Gasteiger partial charge in [-0.05, 0) is 55.5 Å². The van der Waals surface area contributed by atoms with Crippen LogP contribution in [0.4, 0.5) is 0 Å². The van der Waals surface area contributed by atoms with Crippen LogP contribution in [0.15, 0.2) is 24.3 Å². The number of para-hydroxylation sites is 1. The Morgan fingerprint density at radius 3 is 2.32 bits per heavy atom. The Bertz CT molecular complexity index is 791. The van der Waals surface area contributed by atoms with E-state index in [4.69, 9.17) is 0 Å². The minimum atomic E-state index is 1.09. The first-order chi connectivity index (χ1) is 9.07. The molecule has 0 N–H and O–H groups in total. The summed E-state index contributed by atoms with van der Waals surface area (Å²) >= 11 is 0. The molecule has 0 aliphatic heterocycles. The van der Waals surface area contributed by atoms with Gasteiger partial charge >= 0.3 is 0 Å². The normalized spacial score (nSPS) is 11.6. The second-order valence-electron chi connectivity index (χ2n) is 5.51. The molecule has 19 heavy (non-hydrogen) atoms. The number of fused-ring (bicyclic) bond motifs is 3. The van der Waals surface area contributed by atoms with Crippen molar-refractivity contribution in [2.45, 2.75) is 34.1 Å². The number of aryl methyl sites for hydroxylation is 3. The zero-order valence-electron chi connectivity index (χ0n) is 12.5. The summed E-state index contributed by atoms with van der Waals surface area (Å²) in [5, 5.41) is 2.83. The molecule has 0 radical (unpaired) electrons. The minimum Gasteiger partial charge on any atom is -0.343 e. The first kappa shape index (κ1) is 12.3. The van der Waals surface area contributed by atoms with Crippen molar-refractivity contribution in [3.05, 3.63) is 46.5 Å². The molecule has 1 aromatic heterocycles. The Balaban J connectivity index is 2.70. The second-order valence-corrected chi connectivity index (χ2v) is 5.51. The zero-order valence-corrected chi connectivity index (χ0v) is 12.5. The van der Waals surface area contributed by atoms with Gasteiger partial charge in [0.2, 0.25) is 0 Å². The summed E-state index contributed by atoms with van der Waals surface area (Å²) in [6.45, 7) is 9.04. The molecule has 0 bridgehead atoms. The molecule has 98 valence electrons. The van der Waals surface area contributed by atoms with Crippen LogP contribution in [0.2, 0.25) is 0 Å². The molecule has 0 fully saturated rings. The highest BCUT2D eigenvalue weighted by Gasteiger charge is 2.17. The number of aromatic nitrogens is 1. The maximum absolute atomic E-state index is 2.36. The van der Waals surface area contributed by atoms with E-state index in [1.165, 1.54) is 44.1 Å². The molecule has 0 saturated heterocycles. The molecule has 1 heterocycles. The molecule has 0 aliphatic rings. The SMILES string of the molecule is CCc1c(C)c(C)c(C)c2c3ccccc3n(C)c12. The van der Waals surface area contributed by atoms with Gasteiger partial charge in [0.05, 0.1) is 5.52 Å². The average Bonchev–Trinajstić information content (AvgIpc) is 2.72. The molecule has 0 amide bonds.